The molecule has 2 rings (SSSR count). The highest BCUT2D eigenvalue weighted by molar-refractivity contribution is 14.1. The van der Waals surface area contributed by atoms with Gasteiger partial charge in [0.25, 0.3) is 0 Å². The van der Waals surface area contributed by atoms with E-state index < -0.39 is 0 Å². The first-order valence-electron chi connectivity index (χ1n) is 5.43. The fraction of sp³-hybridized carbons (Fsp3) is 0.0714. The molecule has 2 nitrogen and oxygen atoms in total. The van der Waals surface area contributed by atoms with Crippen LogP contribution in [0.25, 0.3) is 0 Å². The van der Waals surface area contributed by atoms with E-state index in [9.17, 15) is 4.79 Å². The fourth-order valence-electron chi connectivity index (χ4n) is 1.52. The third-order valence-electron chi connectivity index (χ3n) is 2.44. The molecule has 4 heteroatoms. The number of anilines is 1. The lowest BCUT2D eigenvalue weighted by atomic mass is 10.1. The minimum atomic E-state index is 0.0846. The molecule has 0 aliphatic carbocycles. The number of halogens is 2. The first-order chi connectivity index (χ1) is 8.65. The van der Waals surface area contributed by atoms with Gasteiger partial charge in [0.15, 0.2) is 5.78 Å². The molecule has 92 valence electrons. The summed E-state index contributed by atoms with van der Waals surface area (Å²) < 4.78 is 2.12. The topological polar surface area (TPSA) is 29.1 Å². The Bertz CT molecular complexity index is 554. The van der Waals surface area contributed by atoms with Crippen molar-refractivity contribution in [1.82, 2.24) is 0 Å². The van der Waals surface area contributed by atoms with Gasteiger partial charge in [0.05, 0.1) is 6.54 Å². The molecule has 0 spiro atoms. The largest absolute Gasteiger partial charge is 0.378 e. The van der Waals surface area contributed by atoms with E-state index in [-0.39, 0.29) is 5.78 Å². The Hall–Kier alpha value is -0.880. The molecule has 1 N–H and O–H groups in total. The Balaban J connectivity index is 1.98. The number of hydrogen-bond acceptors (Lipinski definition) is 2. The minimum absolute atomic E-state index is 0.0846. The zero-order chi connectivity index (χ0) is 13.0. The average molecular weight is 416 g/mol. The Labute approximate surface area is 128 Å². The molecule has 0 aliphatic heterocycles. The van der Waals surface area contributed by atoms with E-state index in [0.717, 1.165) is 19.3 Å². The lowest BCUT2D eigenvalue weighted by Crippen LogP contribution is -2.13. The van der Waals surface area contributed by atoms with Gasteiger partial charge in [0.2, 0.25) is 0 Å². The van der Waals surface area contributed by atoms with Gasteiger partial charge < -0.3 is 5.32 Å². The van der Waals surface area contributed by atoms with Gasteiger partial charge in [0, 0.05) is 19.3 Å². The molecular formula is C14H11BrINO. The predicted molar refractivity (Wildman–Crippen MR) is 86.1 cm³/mol. The van der Waals surface area contributed by atoms with Crippen molar-refractivity contribution in [3.05, 3.63) is 62.1 Å². The van der Waals surface area contributed by atoms with Crippen molar-refractivity contribution in [2.24, 2.45) is 0 Å². The van der Waals surface area contributed by atoms with E-state index in [1.165, 1.54) is 0 Å². The molecule has 0 amide bonds. The Morgan fingerprint density at radius 2 is 1.89 bits per heavy atom. The van der Waals surface area contributed by atoms with Crippen LogP contribution in [0.15, 0.2) is 53.0 Å². The van der Waals surface area contributed by atoms with E-state index in [1.807, 2.05) is 48.5 Å². The van der Waals surface area contributed by atoms with E-state index >= 15 is 0 Å². The normalized spacial score (nSPS) is 10.1. The summed E-state index contributed by atoms with van der Waals surface area (Å²) in [7, 11) is 0. The Kier molecular flexibility index (Phi) is 4.77. The number of carbonyl (C=O) groups excluding carboxylic acids is 1. The van der Waals surface area contributed by atoms with E-state index in [1.54, 1.807) is 0 Å². The number of benzene rings is 2. The van der Waals surface area contributed by atoms with Gasteiger partial charge in [0.1, 0.15) is 0 Å². The number of rotatable bonds is 4. The van der Waals surface area contributed by atoms with Crippen LogP contribution in [0.2, 0.25) is 0 Å². The molecule has 0 aromatic heterocycles. The van der Waals surface area contributed by atoms with Crippen LogP contribution >= 0.6 is 38.5 Å². The smallest absolute Gasteiger partial charge is 0.181 e. The lowest BCUT2D eigenvalue weighted by molar-refractivity contribution is 0.101. The number of nitrogens with one attached hydrogen (secondary N) is 1. The average Bonchev–Trinajstić information content (AvgIpc) is 2.37. The Morgan fingerprint density at radius 3 is 2.56 bits per heavy atom. The van der Waals surface area contributed by atoms with Crippen LogP contribution in [0.1, 0.15) is 10.4 Å². The van der Waals surface area contributed by atoms with Crippen LogP contribution in [0, 0.1) is 3.57 Å². The van der Waals surface area contributed by atoms with E-state index in [2.05, 4.69) is 43.8 Å². The summed E-state index contributed by atoms with van der Waals surface area (Å²) in [5.41, 5.74) is 1.68. The van der Waals surface area contributed by atoms with Crippen LogP contribution in [0.4, 0.5) is 5.69 Å². The van der Waals surface area contributed by atoms with Crippen LogP contribution in [-0.2, 0) is 0 Å². The molecule has 0 heterocycles. The summed E-state index contributed by atoms with van der Waals surface area (Å²) in [6, 6.07) is 15.3. The molecule has 0 saturated carbocycles. The van der Waals surface area contributed by atoms with E-state index in [0.29, 0.717) is 6.54 Å². The summed E-state index contributed by atoms with van der Waals surface area (Å²) in [5, 5.41) is 3.13. The van der Waals surface area contributed by atoms with Crippen molar-refractivity contribution >= 4 is 50.0 Å². The van der Waals surface area contributed by atoms with Crippen LogP contribution < -0.4 is 5.32 Å². The molecular weight excluding hydrogens is 405 g/mol. The maximum atomic E-state index is 11.9. The molecule has 18 heavy (non-hydrogen) atoms. The first kappa shape index (κ1) is 13.5. The van der Waals surface area contributed by atoms with Crippen molar-refractivity contribution in [3.63, 3.8) is 0 Å². The second kappa shape index (κ2) is 6.33. The second-order valence-electron chi connectivity index (χ2n) is 3.79. The third kappa shape index (κ3) is 3.81. The zero-order valence-electron chi connectivity index (χ0n) is 9.49. The van der Waals surface area contributed by atoms with Crippen LogP contribution in [0.5, 0.6) is 0 Å². The molecule has 2 aromatic rings. The number of carbonyl (C=O) groups is 1. The van der Waals surface area contributed by atoms with Crippen LogP contribution in [-0.4, -0.2) is 12.3 Å². The summed E-state index contributed by atoms with van der Waals surface area (Å²) in [4.78, 5) is 11.9. The molecule has 0 saturated heterocycles. The molecule has 0 bridgehead atoms. The molecule has 2 aromatic carbocycles. The second-order valence-corrected chi connectivity index (χ2v) is 5.96. The van der Waals surface area contributed by atoms with Crippen molar-refractivity contribution in [2.45, 2.75) is 0 Å². The SMILES string of the molecule is O=C(CNc1cccc(I)c1)c1ccc(Br)cc1. The van der Waals surface area contributed by atoms with E-state index in [4.69, 9.17) is 0 Å². The van der Waals surface area contributed by atoms with Gasteiger partial charge in [-0.15, -0.1) is 0 Å². The van der Waals surface area contributed by atoms with Gasteiger partial charge >= 0.3 is 0 Å². The molecule has 0 aliphatic rings. The molecule has 0 atom stereocenters. The van der Waals surface area contributed by atoms with Crippen LogP contribution in [0.3, 0.4) is 0 Å². The number of hydrogen-bond donors (Lipinski definition) is 1. The van der Waals surface area contributed by atoms with Crippen molar-refractivity contribution in [1.29, 1.82) is 0 Å². The Morgan fingerprint density at radius 1 is 1.17 bits per heavy atom. The third-order valence-corrected chi connectivity index (χ3v) is 3.64. The van der Waals surface area contributed by atoms with Crippen molar-refractivity contribution in [2.75, 3.05) is 11.9 Å². The van der Waals surface area contributed by atoms with Gasteiger partial charge in [-0.2, -0.15) is 0 Å². The van der Waals surface area contributed by atoms with Gasteiger partial charge in [-0.25, -0.2) is 0 Å². The van der Waals surface area contributed by atoms with Gasteiger partial charge in [-0.05, 0) is 52.9 Å². The minimum Gasteiger partial charge on any atom is -0.378 e. The lowest BCUT2D eigenvalue weighted by Gasteiger charge is -2.06. The number of Topliss-reactive ketones (excluding diaryl/α,β-unsaturated/α-hetero) is 1. The first-order valence-corrected chi connectivity index (χ1v) is 7.30. The van der Waals surface area contributed by atoms with Crippen molar-refractivity contribution in [3.8, 4) is 0 Å². The van der Waals surface area contributed by atoms with Gasteiger partial charge in [-0.1, -0.05) is 34.1 Å². The maximum absolute atomic E-state index is 11.9. The summed E-state index contributed by atoms with van der Waals surface area (Å²) in [5.74, 6) is 0.0846. The highest BCUT2D eigenvalue weighted by Gasteiger charge is 2.05. The van der Waals surface area contributed by atoms with Crippen molar-refractivity contribution < 1.29 is 4.79 Å². The quantitative estimate of drug-likeness (QED) is 0.594. The predicted octanol–water partition coefficient (Wildman–Crippen LogP) is 4.35. The standard InChI is InChI=1S/C14H11BrINO/c15-11-6-4-10(5-7-11)14(18)9-17-13-3-1-2-12(16)8-13/h1-8,17H,9H2. The monoisotopic (exact) mass is 415 g/mol. The number of ketones is 1. The molecule has 0 radical (unpaired) electrons. The summed E-state index contributed by atoms with van der Waals surface area (Å²) in [6.45, 7) is 0.307. The fourth-order valence-corrected chi connectivity index (χ4v) is 2.33. The molecule has 0 fully saturated rings. The molecule has 0 unspecified atom stereocenters. The highest BCUT2D eigenvalue weighted by atomic mass is 127. The maximum Gasteiger partial charge on any atom is 0.181 e. The van der Waals surface area contributed by atoms with Gasteiger partial charge in [-0.3, -0.25) is 4.79 Å². The summed E-state index contributed by atoms with van der Waals surface area (Å²) in [6.07, 6.45) is 0. The summed E-state index contributed by atoms with van der Waals surface area (Å²) >= 11 is 5.60. The highest BCUT2D eigenvalue weighted by Crippen LogP contribution is 2.13. The zero-order valence-corrected chi connectivity index (χ0v) is 13.2.